The molecule has 0 radical (unpaired) electrons. The molecule has 0 aliphatic heterocycles. The predicted molar refractivity (Wildman–Crippen MR) is 84.3 cm³/mol. The molecule has 3 heteroatoms. The van der Waals surface area contributed by atoms with Crippen molar-refractivity contribution in [3.63, 3.8) is 0 Å². The van der Waals surface area contributed by atoms with Crippen molar-refractivity contribution in [1.82, 2.24) is 0 Å². The Morgan fingerprint density at radius 3 is 2.35 bits per heavy atom. The molecular weight excluding hydrogens is 319 g/mol. The number of halogens is 2. The summed E-state index contributed by atoms with van der Waals surface area (Å²) in [6, 6.07) is 11.3. The first-order chi connectivity index (χ1) is 9.52. The molecular formula is C17H18BrFO. The number of benzene rings is 2. The normalized spacial score (nSPS) is 12.2. The molecule has 106 valence electrons. The Balaban J connectivity index is 2.46. The highest BCUT2D eigenvalue weighted by Crippen LogP contribution is 2.38. The topological polar surface area (TPSA) is 9.23 Å². The van der Waals surface area contributed by atoms with Gasteiger partial charge in [0.1, 0.15) is 11.6 Å². The van der Waals surface area contributed by atoms with E-state index in [4.69, 9.17) is 4.74 Å². The van der Waals surface area contributed by atoms with Crippen molar-refractivity contribution in [1.29, 1.82) is 0 Å². The van der Waals surface area contributed by atoms with Crippen molar-refractivity contribution < 1.29 is 9.13 Å². The minimum Gasteiger partial charge on any atom is -0.494 e. The van der Waals surface area contributed by atoms with Gasteiger partial charge in [-0.2, -0.15) is 0 Å². The first-order valence-corrected chi connectivity index (χ1v) is 7.58. The lowest BCUT2D eigenvalue weighted by atomic mass is 10.0. The summed E-state index contributed by atoms with van der Waals surface area (Å²) in [4.78, 5) is -0.218. The summed E-state index contributed by atoms with van der Waals surface area (Å²) < 4.78 is 19.8. The van der Waals surface area contributed by atoms with Crippen LogP contribution in [0.5, 0.6) is 5.75 Å². The fraction of sp³-hybridized carbons (Fsp3) is 0.294. The van der Waals surface area contributed by atoms with Gasteiger partial charge in [0.25, 0.3) is 0 Å². The van der Waals surface area contributed by atoms with Gasteiger partial charge in [0.2, 0.25) is 0 Å². The Morgan fingerprint density at radius 1 is 1.05 bits per heavy atom. The molecule has 2 aromatic rings. The lowest BCUT2D eigenvalue weighted by molar-refractivity contribution is 0.337. The van der Waals surface area contributed by atoms with Gasteiger partial charge in [-0.25, -0.2) is 4.39 Å². The first kappa shape index (κ1) is 15.0. The largest absolute Gasteiger partial charge is 0.494 e. The molecule has 1 unspecified atom stereocenters. The smallest absolute Gasteiger partial charge is 0.128 e. The number of alkyl halides is 1. The Morgan fingerprint density at radius 2 is 1.70 bits per heavy atom. The summed E-state index contributed by atoms with van der Waals surface area (Å²) in [6.07, 6.45) is 0. The van der Waals surface area contributed by atoms with E-state index in [0.717, 1.165) is 22.4 Å². The van der Waals surface area contributed by atoms with Gasteiger partial charge < -0.3 is 4.74 Å². The van der Waals surface area contributed by atoms with E-state index >= 15 is 0 Å². The molecule has 1 nitrogen and oxygen atoms in total. The van der Waals surface area contributed by atoms with Crippen LogP contribution in [0, 0.1) is 19.7 Å². The van der Waals surface area contributed by atoms with Gasteiger partial charge in [0, 0.05) is 11.1 Å². The van der Waals surface area contributed by atoms with Crippen LogP contribution in [0.4, 0.5) is 4.39 Å². The van der Waals surface area contributed by atoms with Crippen LogP contribution in [-0.4, -0.2) is 6.61 Å². The third kappa shape index (κ3) is 3.21. The number of ether oxygens (including phenoxy) is 1. The average molecular weight is 337 g/mol. The molecule has 0 amide bonds. The lowest BCUT2D eigenvalue weighted by Crippen LogP contribution is -2.02. The number of rotatable bonds is 4. The molecule has 0 heterocycles. The molecule has 0 saturated heterocycles. The first-order valence-electron chi connectivity index (χ1n) is 6.66. The molecule has 1 atom stereocenters. The van der Waals surface area contributed by atoms with Crippen molar-refractivity contribution in [2.45, 2.75) is 25.6 Å². The van der Waals surface area contributed by atoms with Gasteiger partial charge in [-0.15, -0.1) is 0 Å². The van der Waals surface area contributed by atoms with E-state index in [2.05, 4.69) is 15.9 Å². The van der Waals surface area contributed by atoms with Crippen molar-refractivity contribution in [2.75, 3.05) is 6.61 Å². The van der Waals surface area contributed by atoms with Crippen molar-refractivity contribution in [3.05, 3.63) is 64.5 Å². The standard InChI is InChI=1S/C17H18BrFO/c1-4-20-16-8-6-11(2)9-14(16)17(18)13-7-5-12(3)10-15(13)19/h5-10,17H,4H2,1-3H3. The minimum atomic E-state index is -0.218. The van der Waals surface area contributed by atoms with Gasteiger partial charge in [-0.1, -0.05) is 45.8 Å². The third-order valence-electron chi connectivity index (χ3n) is 3.17. The number of aryl methyl sites for hydroxylation is 2. The van der Waals surface area contributed by atoms with E-state index in [-0.39, 0.29) is 10.6 Å². The zero-order valence-corrected chi connectivity index (χ0v) is 13.5. The molecule has 0 aromatic heterocycles. The highest BCUT2D eigenvalue weighted by molar-refractivity contribution is 9.09. The van der Waals surface area contributed by atoms with Gasteiger partial charge in [0.05, 0.1) is 11.4 Å². The number of hydrogen-bond donors (Lipinski definition) is 0. The van der Waals surface area contributed by atoms with Crippen LogP contribution in [0.25, 0.3) is 0 Å². The number of hydrogen-bond acceptors (Lipinski definition) is 1. The van der Waals surface area contributed by atoms with Gasteiger partial charge in [0.15, 0.2) is 0 Å². The lowest BCUT2D eigenvalue weighted by Gasteiger charge is -2.17. The van der Waals surface area contributed by atoms with E-state index in [1.807, 2.05) is 51.1 Å². The van der Waals surface area contributed by atoms with Crippen LogP contribution in [-0.2, 0) is 0 Å². The Labute approximate surface area is 127 Å². The van der Waals surface area contributed by atoms with E-state index < -0.39 is 0 Å². The summed E-state index contributed by atoms with van der Waals surface area (Å²) in [5.74, 6) is 0.593. The Kier molecular flexibility index (Phi) is 4.81. The van der Waals surface area contributed by atoms with Crippen LogP contribution in [0.3, 0.4) is 0 Å². The molecule has 20 heavy (non-hydrogen) atoms. The second-order valence-corrected chi connectivity index (χ2v) is 5.78. The molecule has 0 spiro atoms. The second-order valence-electron chi connectivity index (χ2n) is 4.86. The minimum absolute atomic E-state index is 0.198. The molecule has 0 N–H and O–H groups in total. The summed E-state index contributed by atoms with van der Waals surface area (Å²) in [5.41, 5.74) is 3.62. The molecule has 0 fully saturated rings. The summed E-state index contributed by atoms with van der Waals surface area (Å²) >= 11 is 3.60. The fourth-order valence-corrected chi connectivity index (χ4v) is 2.89. The molecule has 0 bridgehead atoms. The van der Waals surface area contributed by atoms with Crippen LogP contribution in [0.2, 0.25) is 0 Å². The zero-order valence-electron chi connectivity index (χ0n) is 11.9. The maximum absolute atomic E-state index is 14.1. The summed E-state index contributed by atoms with van der Waals surface area (Å²) in [7, 11) is 0. The second kappa shape index (κ2) is 6.40. The maximum Gasteiger partial charge on any atom is 0.128 e. The highest BCUT2D eigenvalue weighted by Gasteiger charge is 2.19. The summed E-state index contributed by atoms with van der Waals surface area (Å²) in [6.45, 7) is 6.43. The van der Waals surface area contributed by atoms with Crippen LogP contribution < -0.4 is 4.74 Å². The molecule has 0 saturated carbocycles. The van der Waals surface area contributed by atoms with E-state index in [9.17, 15) is 4.39 Å². The Bertz CT molecular complexity index is 610. The molecule has 2 rings (SSSR count). The van der Waals surface area contributed by atoms with Crippen LogP contribution in [0.15, 0.2) is 36.4 Å². The van der Waals surface area contributed by atoms with E-state index in [1.54, 1.807) is 6.07 Å². The van der Waals surface area contributed by atoms with Gasteiger partial charge >= 0.3 is 0 Å². The van der Waals surface area contributed by atoms with E-state index in [0.29, 0.717) is 12.2 Å². The third-order valence-corrected chi connectivity index (χ3v) is 4.15. The monoisotopic (exact) mass is 336 g/mol. The van der Waals surface area contributed by atoms with Crippen molar-refractivity contribution >= 4 is 15.9 Å². The van der Waals surface area contributed by atoms with E-state index in [1.165, 1.54) is 0 Å². The van der Waals surface area contributed by atoms with Crippen LogP contribution >= 0.6 is 15.9 Å². The molecule has 0 aliphatic rings. The van der Waals surface area contributed by atoms with Crippen LogP contribution in [0.1, 0.15) is 34.0 Å². The van der Waals surface area contributed by atoms with Gasteiger partial charge in [-0.05, 0) is 38.5 Å². The van der Waals surface area contributed by atoms with Gasteiger partial charge in [-0.3, -0.25) is 0 Å². The maximum atomic E-state index is 14.1. The fourth-order valence-electron chi connectivity index (χ4n) is 2.16. The highest BCUT2D eigenvalue weighted by atomic mass is 79.9. The summed E-state index contributed by atoms with van der Waals surface area (Å²) in [5, 5.41) is 0. The van der Waals surface area contributed by atoms with Crippen molar-refractivity contribution in [3.8, 4) is 5.75 Å². The predicted octanol–water partition coefficient (Wildman–Crippen LogP) is 5.33. The average Bonchev–Trinajstić information content (AvgIpc) is 2.40. The zero-order chi connectivity index (χ0) is 14.7. The SMILES string of the molecule is CCOc1ccc(C)cc1C(Br)c1ccc(C)cc1F. The molecule has 0 aliphatic carbocycles. The quantitative estimate of drug-likeness (QED) is 0.686. The molecule has 2 aromatic carbocycles. The van der Waals surface area contributed by atoms with Crippen molar-refractivity contribution in [2.24, 2.45) is 0 Å². The Hall–Kier alpha value is -1.35.